The van der Waals surface area contributed by atoms with Crippen LogP contribution in [0.5, 0.6) is 0 Å². The Morgan fingerprint density at radius 1 is 1.16 bits per heavy atom. The van der Waals surface area contributed by atoms with Crippen molar-refractivity contribution in [3.8, 4) is 0 Å². The third kappa shape index (κ3) is 6.50. The average molecular weight is 540 g/mol. The van der Waals surface area contributed by atoms with Crippen molar-refractivity contribution in [1.82, 2.24) is 15.6 Å². The molecule has 0 bridgehead atoms. The molecule has 4 N–H and O–H groups in total. The maximum Gasteiger partial charge on any atom is 0.405 e. The molecule has 2 amide bonds. The fourth-order valence-electron chi connectivity index (χ4n) is 5.42. The second-order valence-electron chi connectivity index (χ2n) is 10.5. The van der Waals surface area contributed by atoms with Crippen molar-refractivity contribution in [3.63, 3.8) is 0 Å². The molecular formula is C29H37N3O5S. The molecule has 3 atom stereocenters. The summed E-state index contributed by atoms with van der Waals surface area (Å²) < 4.78 is 5.89. The van der Waals surface area contributed by atoms with Crippen LogP contribution >= 0.6 is 11.8 Å². The zero-order chi connectivity index (χ0) is 27.2. The van der Waals surface area contributed by atoms with Gasteiger partial charge in [-0.2, -0.15) is 0 Å². The molecule has 1 aliphatic carbocycles. The van der Waals surface area contributed by atoms with Crippen LogP contribution in [0, 0.1) is 5.41 Å². The highest BCUT2D eigenvalue weighted by Gasteiger charge is 2.51. The van der Waals surface area contributed by atoms with Crippen LogP contribution in [-0.2, 0) is 4.79 Å². The van der Waals surface area contributed by atoms with E-state index in [9.17, 15) is 19.8 Å². The molecule has 2 aromatic carbocycles. The lowest BCUT2D eigenvalue weighted by Crippen LogP contribution is -2.64. The van der Waals surface area contributed by atoms with E-state index in [1.165, 1.54) is 11.8 Å². The lowest BCUT2D eigenvalue weighted by atomic mass is 9.61. The van der Waals surface area contributed by atoms with Crippen LogP contribution in [0.3, 0.4) is 0 Å². The standard InChI is InChI=1S/C29H37N3O5S/c1-3-4-17-29(32-26(35)36,24(33)25(34)30-20(2)21-11-6-5-7-12-21)18-28(15-10-16-28)19-38-27-31-22-13-8-9-14-23(22)37-27/h5-9,11-14,20,24,32-33H,3-4,10,15-19H2,1-2H3,(H,30,34)(H,35,36)/t20-,24?,29?/m1/s1. The van der Waals surface area contributed by atoms with Crippen LogP contribution in [0.25, 0.3) is 11.1 Å². The predicted octanol–water partition coefficient (Wildman–Crippen LogP) is 5.92. The molecule has 1 heterocycles. The number of nitrogens with zero attached hydrogens (tertiary/aromatic N) is 1. The molecule has 38 heavy (non-hydrogen) atoms. The number of oxazole rings is 1. The Kier molecular flexibility index (Phi) is 8.99. The molecular weight excluding hydrogens is 502 g/mol. The number of benzene rings is 2. The van der Waals surface area contributed by atoms with Gasteiger partial charge < -0.3 is 25.3 Å². The first-order valence-corrected chi connectivity index (χ1v) is 14.3. The molecule has 1 saturated carbocycles. The largest absolute Gasteiger partial charge is 0.465 e. The molecule has 8 nitrogen and oxygen atoms in total. The molecule has 1 fully saturated rings. The summed E-state index contributed by atoms with van der Waals surface area (Å²) in [5.41, 5.74) is 0.853. The number of para-hydroxylation sites is 2. The van der Waals surface area contributed by atoms with Gasteiger partial charge in [0.05, 0.1) is 11.6 Å². The minimum atomic E-state index is -1.54. The number of carboxylic acid groups (broad SMARTS) is 1. The summed E-state index contributed by atoms with van der Waals surface area (Å²) in [4.78, 5) is 30.0. The maximum atomic E-state index is 13.4. The number of hydrogen-bond donors (Lipinski definition) is 4. The van der Waals surface area contributed by atoms with E-state index in [-0.39, 0.29) is 11.5 Å². The van der Waals surface area contributed by atoms with E-state index >= 15 is 0 Å². The molecule has 0 saturated heterocycles. The number of aliphatic hydroxyl groups is 1. The van der Waals surface area contributed by atoms with Gasteiger partial charge in [-0.3, -0.25) is 4.79 Å². The fourth-order valence-corrected chi connectivity index (χ4v) is 6.55. The van der Waals surface area contributed by atoms with E-state index in [0.29, 0.717) is 30.2 Å². The smallest absolute Gasteiger partial charge is 0.405 e. The second-order valence-corrected chi connectivity index (χ2v) is 11.4. The Labute approximate surface area is 227 Å². The summed E-state index contributed by atoms with van der Waals surface area (Å²) in [5, 5.41) is 27.4. The molecule has 3 aromatic rings. The van der Waals surface area contributed by atoms with Gasteiger partial charge in [-0.1, -0.05) is 80.4 Å². The number of carbonyl (C=O) groups excluding carboxylic acids is 1. The number of hydrogen-bond acceptors (Lipinski definition) is 6. The summed E-state index contributed by atoms with van der Waals surface area (Å²) in [6.45, 7) is 3.86. The second kappa shape index (κ2) is 12.2. The Morgan fingerprint density at radius 2 is 1.87 bits per heavy atom. The van der Waals surface area contributed by atoms with Crippen LogP contribution in [-0.4, -0.2) is 44.6 Å². The van der Waals surface area contributed by atoms with Crippen LogP contribution in [0.1, 0.15) is 70.4 Å². The molecule has 2 unspecified atom stereocenters. The quantitative estimate of drug-likeness (QED) is 0.199. The molecule has 9 heteroatoms. The van der Waals surface area contributed by atoms with Crippen molar-refractivity contribution in [2.45, 2.75) is 81.7 Å². The molecule has 4 rings (SSSR count). The van der Waals surface area contributed by atoms with E-state index in [1.54, 1.807) is 0 Å². The van der Waals surface area contributed by atoms with Gasteiger partial charge in [0.25, 0.3) is 11.1 Å². The SMILES string of the molecule is CCCCC(CC1(CSc2nc3ccccc3o2)CCC1)(NC(=O)O)C(O)C(=O)N[C@H](C)c1ccccc1. The Hall–Kier alpha value is -3.04. The first-order chi connectivity index (χ1) is 18.3. The third-order valence-electron chi connectivity index (χ3n) is 7.64. The summed E-state index contributed by atoms with van der Waals surface area (Å²) >= 11 is 1.51. The first kappa shape index (κ1) is 28.0. The van der Waals surface area contributed by atoms with E-state index in [4.69, 9.17) is 4.42 Å². The minimum Gasteiger partial charge on any atom is -0.465 e. The van der Waals surface area contributed by atoms with Crippen molar-refractivity contribution in [1.29, 1.82) is 0 Å². The van der Waals surface area contributed by atoms with Crippen LogP contribution < -0.4 is 10.6 Å². The highest BCUT2D eigenvalue weighted by molar-refractivity contribution is 7.99. The topological polar surface area (TPSA) is 125 Å². The van der Waals surface area contributed by atoms with Crippen LogP contribution in [0.2, 0.25) is 0 Å². The monoisotopic (exact) mass is 539 g/mol. The van der Waals surface area contributed by atoms with Gasteiger partial charge >= 0.3 is 6.09 Å². The molecule has 1 aliphatic rings. The van der Waals surface area contributed by atoms with E-state index < -0.39 is 23.6 Å². The van der Waals surface area contributed by atoms with Gasteiger partial charge in [-0.15, -0.1) is 0 Å². The molecule has 1 aromatic heterocycles. The Morgan fingerprint density at radius 3 is 2.50 bits per heavy atom. The number of amides is 2. The number of unbranched alkanes of at least 4 members (excludes halogenated alkanes) is 1. The van der Waals surface area contributed by atoms with Gasteiger partial charge in [-0.25, -0.2) is 9.78 Å². The van der Waals surface area contributed by atoms with E-state index in [1.807, 2.05) is 68.4 Å². The lowest BCUT2D eigenvalue weighted by Gasteiger charge is -2.49. The zero-order valence-corrected chi connectivity index (χ0v) is 22.8. The van der Waals surface area contributed by atoms with Crippen molar-refractivity contribution in [2.24, 2.45) is 5.41 Å². The number of carbonyl (C=O) groups is 2. The molecule has 0 spiro atoms. The zero-order valence-electron chi connectivity index (χ0n) is 22.0. The van der Waals surface area contributed by atoms with Crippen molar-refractivity contribution in [2.75, 3.05) is 5.75 Å². The van der Waals surface area contributed by atoms with Gasteiger partial charge in [0.15, 0.2) is 11.7 Å². The van der Waals surface area contributed by atoms with Gasteiger partial charge in [0.1, 0.15) is 5.52 Å². The third-order valence-corrected chi connectivity index (χ3v) is 8.82. The van der Waals surface area contributed by atoms with Crippen LogP contribution in [0.4, 0.5) is 4.79 Å². The number of thioether (sulfide) groups is 1. The van der Waals surface area contributed by atoms with Crippen molar-refractivity contribution >= 4 is 34.9 Å². The van der Waals surface area contributed by atoms with E-state index in [2.05, 4.69) is 15.6 Å². The first-order valence-electron chi connectivity index (χ1n) is 13.3. The Bertz CT molecular complexity index is 1200. The molecule has 204 valence electrons. The van der Waals surface area contributed by atoms with Gasteiger partial charge in [-0.05, 0) is 55.7 Å². The van der Waals surface area contributed by atoms with Crippen molar-refractivity contribution in [3.05, 3.63) is 60.2 Å². The molecule has 0 radical (unpaired) electrons. The number of rotatable bonds is 13. The van der Waals surface area contributed by atoms with Gasteiger partial charge in [0.2, 0.25) is 0 Å². The van der Waals surface area contributed by atoms with E-state index in [0.717, 1.165) is 42.3 Å². The lowest BCUT2D eigenvalue weighted by molar-refractivity contribution is -0.136. The number of aliphatic hydroxyl groups excluding tert-OH is 1. The number of aromatic nitrogens is 1. The highest BCUT2D eigenvalue weighted by Crippen LogP contribution is 2.51. The average Bonchev–Trinajstić information content (AvgIpc) is 3.31. The minimum absolute atomic E-state index is 0.256. The Balaban J connectivity index is 1.55. The maximum absolute atomic E-state index is 13.4. The van der Waals surface area contributed by atoms with Crippen LogP contribution in [0.15, 0.2) is 64.2 Å². The summed E-state index contributed by atoms with van der Waals surface area (Å²) in [6, 6.07) is 16.8. The summed E-state index contributed by atoms with van der Waals surface area (Å²) in [5.74, 6) is 0.0799. The van der Waals surface area contributed by atoms with Gasteiger partial charge in [0, 0.05) is 5.75 Å². The number of nitrogens with one attached hydrogen (secondary N) is 2. The number of fused-ring (bicyclic) bond motifs is 1. The highest BCUT2D eigenvalue weighted by atomic mass is 32.2. The van der Waals surface area contributed by atoms with Crippen molar-refractivity contribution < 1.29 is 24.2 Å². The fraction of sp³-hybridized carbons (Fsp3) is 0.483. The molecule has 0 aliphatic heterocycles. The summed E-state index contributed by atoms with van der Waals surface area (Å²) in [7, 11) is 0. The summed E-state index contributed by atoms with van der Waals surface area (Å²) in [6.07, 6.45) is 2.18. The predicted molar refractivity (Wildman–Crippen MR) is 148 cm³/mol. The normalized spacial score (nSPS) is 17.7.